The number of amides is 1. The van der Waals surface area contributed by atoms with Crippen LogP contribution in [0.5, 0.6) is 0 Å². The van der Waals surface area contributed by atoms with Crippen LogP contribution in [0.15, 0.2) is 30.5 Å². The lowest BCUT2D eigenvalue weighted by molar-refractivity contribution is -0.136. The second-order valence-corrected chi connectivity index (χ2v) is 7.00. The highest BCUT2D eigenvalue weighted by molar-refractivity contribution is 6.31. The van der Waals surface area contributed by atoms with Crippen molar-refractivity contribution in [3.8, 4) is 0 Å². The summed E-state index contributed by atoms with van der Waals surface area (Å²) in [7, 11) is 0. The highest BCUT2D eigenvalue weighted by Gasteiger charge is 2.21. The van der Waals surface area contributed by atoms with E-state index in [4.69, 9.17) is 17.3 Å². The van der Waals surface area contributed by atoms with Crippen LogP contribution in [0.25, 0.3) is 10.9 Å². The molecule has 1 amide bonds. The third-order valence-corrected chi connectivity index (χ3v) is 4.51. The van der Waals surface area contributed by atoms with Gasteiger partial charge in [-0.25, -0.2) is 0 Å². The zero-order valence-corrected chi connectivity index (χ0v) is 15.9. The number of benzene rings is 1. The van der Waals surface area contributed by atoms with Gasteiger partial charge in [0.25, 0.3) is 0 Å². The SMILES string of the molecule is CC(CN)C(=O)N(CCCNc1ccnc2cc(Cl)ccc12)C(C)C. The maximum Gasteiger partial charge on any atom is 0.226 e. The average molecular weight is 363 g/mol. The molecule has 0 fully saturated rings. The summed E-state index contributed by atoms with van der Waals surface area (Å²) < 4.78 is 0. The lowest BCUT2D eigenvalue weighted by Crippen LogP contribution is -2.43. The summed E-state index contributed by atoms with van der Waals surface area (Å²) in [6.45, 7) is 7.82. The van der Waals surface area contributed by atoms with Crippen molar-refractivity contribution in [1.82, 2.24) is 9.88 Å². The molecule has 1 heterocycles. The van der Waals surface area contributed by atoms with Crippen molar-refractivity contribution >= 4 is 34.1 Å². The Balaban J connectivity index is 1.95. The Labute approximate surface area is 154 Å². The first-order valence-corrected chi connectivity index (χ1v) is 9.10. The average Bonchev–Trinajstić information content (AvgIpc) is 2.59. The minimum absolute atomic E-state index is 0.126. The quantitative estimate of drug-likeness (QED) is 0.705. The zero-order chi connectivity index (χ0) is 18.4. The first kappa shape index (κ1) is 19.5. The molecular formula is C19H27ClN4O. The van der Waals surface area contributed by atoms with Gasteiger partial charge in [-0.1, -0.05) is 18.5 Å². The van der Waals surface area contributed by atoms with Gasteiger partial charge in [-0.15, -0.1) is 0 Å². The smallest absolute Gasteiger partial charge is 0.226 e. The van der Waals surface area contributed by atoms with Crippen LogP contribution in [0.2, 0.25) is 5.02 Å². The number of nitrogens with two attached hydrogens (primary N) is 1. The van der Waals surface area contributed by atoms with Gasteiger partial charge in [-0.05, 0) is 44.5 Å². The van der Waals surface area contributed by atoms with E-state index >= 15 is 0 Å². The topological polar surface area (TPSA) is 71.2 Å². The Hall–Kier alpha value is -1.85. The van der Waals surface area contributed by atoms with Gasteiger partial charge in [-0.3, -0.25) is 9.78 Å². The third-order valence-electron chi connectivity index (χ3n) is 4.28. The fourth-order valence-electron chi connectivity index (χ4n) is 2.75. The number of pyridine rings is 1. The lowest BCUT2D eigenvalue weighted by atomic mass is 10.1. The summed E-state index contributed by atoms with van der Waals surface area (Å²) in [5, 5.41) is 5.16. The van der Waals surface area contributed by atoms with Crippen LogP contribution < -0.4 is 11.1 Å². The van der Waals surface area contributed by atoms with E-state index in [1.165, 1.54) is 0 Å². The van der Waals surface area contributed by atoms with Crippen LogP contribution in [-0.2, 0) is 4.79 Å². The summed E-state index contributed by atoms with van der Waals surface area (Å²) in [5.41, 5.74) is 7.53. The number of fused-ring (bicyclic) bond motifs is 1. The molecule has 1 atom stereocenters. The van der Waals surface area contributed by atoms with Crippen molar-refractivity contribution in [2.24, 2.45) is 11.7 Å². The molecule has 0 aliphatic rings. The van der Waals surface area contributed by atoms with E-state index in [0.717, 1.165) is 29.6 Å². The molecule has 1 aromatic carbocycles. The maximum atomic E-state index is 12.4. The van der Waals surface area contributed by atoms with Crippen LogP contribution >= 0.6 is 11.6 Å². The first-order chi connectivity index (χ1) is 11.9. The molecule has 5 nitrogen and oxygen atoms in total. The number of carbonyl (C=O) groups excluding carboxylic acids is 1. The maximum absolute atomic E-state index is 12.4. The molecular weight excluding hydrogens is 336 g/mol. The predicted octanol–water partition coefficient (Wildman–Crippen LogP) is 3.52. The first-order valence-electron chi connectivity index (χ1n) is 8.72. The van der Waals surface area contributed by atoms with E-state index in [9.17, 15) is 4.79 Å². The number of hydrogen-bond acceptors (Lipinski definition) is 4. The molecule has 1 unspecified atom stereocenters. The molecule has 136 valence electrons. The van der Waals surface area contributed by atoms with Crippen molar-refractivity contribution in [2.45, 2.75) is 33.2 Å². The van der Waals surface area contributed by atoms with Crippen molar-refractivity contribution in [1.29, 1.82) is 0 Å². The van der Waals surface area contributed by atoms with Gasteiger partial charge in [0.05, 0.1) is 5.52 Å². The molecule has 2 aromatic rings. The number of halogens is 1. The van der Waals surface area contributed by atoms with Gasteiger partial charge in [0.1, 0.15) is 0 Å². The molecule has 0 saturated carbocycles. The zero-order valence-electron chi connectivity index (χ0n) is 15.1. The normalized spacial score (nSPS) is 12.4. The molecule has 0 spiro atoms. The molecule has 0 aliphatic heterocycles. The number of rotatable bonds is 8. The Morgan fingerprint density at radius 1 is 1.32 bits per heavy atom. The molecule has 2 rings (SSSR count). The minimum Gasteiger partial charge on any atom is -0.384 e. The Kier molecular flexibility index (Phi) is 7.02. The molecule has 0 radical (unpaired) electrons. The van der Waals surface area contributed by atoms with Crippen LogP contribution in [0.4, 0.5) is 5.69 Å². The van der Waals surface area contributed by atoms with Gasteiger partial charge in [0.2, 0.25) is 5.91 Å². The Bertz CT molecular complexity index is 720. The minimum atomic E-state index is -0.135. The van der Waals surface area contributed by atoms with Crippen molar-refractivity contribution in [3.05, 3.63) is 35.5 Å². The van der Waals surface area contributed by atoms with Crippen LogP contribution in [0, 0.1) is 5.92 Å². The van der Waals surface area contributed by atoms with E-state index in [0.29, 0.717) is 18.1 Å². The van der Waals surface area contributed by atoms with E-state index in [2.05, 4.69) is 10.3 Å². The standard InChI is InChI=1S/C19H27ClN4O/c1-13(2)24(19(25)14(3)12-21)10-4-8-22-17-7-9-23-18-11-15(20)5-6-16(17)18/h5-7,9,11,13-14H,4,8,10,12,21H2,1-3H3,(H,22,23). The van der Waals surface area contributed by atoms with Crippen LogP contribution in [0.3, 0.4) is 0 Å². The van der Waals surface area contributed by atoms with Gasteiger partial charge < -0.3 is 16.0 Å². The monoisotopic (exact) mass is 362 g/mol. The molecule has 0 aliphatic carbocycles. The number of aromatic nitrogens is 1. The molecule has 0 saturated heterocycles. The number of hydrogen-bond donors (Lipinski definition) is 2. The number of nitrogens with zero attached hydrogens (tertiary/aromatic N) is 2. The summed E-state index contributed by atoms with van der Waals surface area (Å²) in [6, 6.07) is 7.82. The van der Waals surface area contributed by atoms with E-state index in [1.807, 2.05) is 49.9 Å². The van der Waals surface area contributed by atoms with Gasteiger partial charge in [0, 0.05) is 53.9 Å². The predicted molar refractivity (Wildman–Crippen MR) is 105 cm³/mol. The summed E-state index contributed by atoms with van der Waals surface area (Å²) >= 11 is 6.02. The Morgan fingerprint density at radius 3 is 2.76 bits per heavy atom. The molecule has 1 aromatic heterocycles. The lowest BCUT2D eigenvalue weighted by Gasteiger charge is -2.29. The summed E-state index contributed by atoms with van der Waals surface area (Å²) in [5.74, 6) is -0.00856. The van der Waals surface area contributed by atoms with Crippen molar-refractivity contribution in [2.75, 3.05) is 25.0 Å². The van der Waals surface area contributed by atoms with Gasteiger partial charge in [0.15, 0.2) is 0 Å². The van der Waals surface area contributed by atoms with E-state index < -0.39 is 0 Å². The molecule has 0 bridgehead atoms. The van der Waals surface area contributed by atoms with Crippen molar-refractivity contribution in [3.63, 3.8) is 0 Å². The van der Waals surface area contributed by atoms with Gasteiger partial charge >= 0.3 is 0 Å². The fraction of sp³-hybridized carbons (Fsp3) is 0.474. The summed E-state index contributed by atoms with van der Waals surface area (Å²) in [4.78, 5) is 18.6. The Morgan fingerprint density at radius 2 is 2.08 bits per heavy atom. The highest BCUT2D eigenvalue weighted by atomic mass is 35.5. The second kappa shape index (κ2) is 9.02. The number of nitrogens with one attached hydrogen (secondary N) is 1. The van der Waals surface area contributed by atoms with Crippen LogP contribution in [-0.4, -0.2) is 41.5 Å². The van der Waals surface area contributed by atoms with Crippen molar-refractivity contribution < 1.29 is 4.79 Å². The third kappa shape index (κ3) is 5.06. The largest absolute Gasteiger partial charge is 0.384 e. The number of carbonyl (C=O) groups is 1. The molecule has 3 N–H and O–H groups in total. The van der Waals surface area contributed by atoms with Crippen LogP contribution in [0.1, 0.15) is 27.2 Å². The fourth-order valence-corrected chi connectivity index (χ4v) is 2.92. The molecule has 6 heteroatoms. The summed E-state index contributed by atoms with van der Waals surface area (Å²) in [6.07, 6.45) is 2.63. The van der Waals surface area contributed by atoms with E-state index in [-0.39, 0.29) is 17.9 Å². The highest BCUT2D eigenvalue weighted by Crippen LogP contribution is 2.24. The van der Waals surface area contributed by atoms with Gasteiger partial charge in [-0.2, -0.15) is 0 Å². The second-order valence-electron chi connectivity index (χ2n) is 6.56. The van der Waals surface area contributed by atoms with E-state index in [1.54, 1.807) is 6.20 Å². The number of anilines is 1. The molecule has 25 heavy (non-hydrogen) atoms.